The minimum absolute atomic E-state index is 0.219. The molecule has 0 bridgehead atoms. The maximum atomic E-state index is 10.8. The third-order valence-corrected chi connectivity index (χ3v) is 4.14. The highest BCUT2D eigenvalue weighted by Crippen LogP contribution is 2.32. The van der Waals surface area contributed by atoms with Gasteiger partial charge in [-0.05, 0) is 36.9 Å². The van der Waals surface area contributed by atoms with Gasteiger partial charge in [0.25, 0.3) is 0 Å². The van der Waals surface area contributed by atoms with E-state index < -0.39 is 5.97 Å². The van der Waals surface area contributed by atoms with Gasteiger partial charge in [-0.3, -0.25) is 9.69 Å². The molecule has 1 aliphatic heterocycles. The van der Waals surface area contributed by atoms with Crippen LogP contribution in [0, 0.1) is 0 Å². The number of carboxylic acids is 1. The number of hydrogen-bond acceptors (Lipinski definition) is 2. The highest BCUT2D eigenvalue weighted by molar-refractivity contribution is 5.80. The van der Waals surface area contributed by atoms with Crippen molar-refractivity contribution in [2.24, 2.45) is 0 Å². The molecule has 2 heterocycles. The predicted molar refractivity (Wildman–Crippen MR) is 78.7 cm³/mol. The van der Waals surface area contributed by atoms with E-state index in [2.05, 4.69) is 28.1 Å². The highest BCUT2D eigenvalue weighted by Gasteiger charge is 2.25. The maximum Gasteiger partial charge on any atom is 0.304 e. The van der Waals surface area contributed by atoms with E-state index in [9.17, 15) is 4.79 Å². The molecule has 106 valence electrons. The monoisotopic (exact) mass is 272 g/mol. The summed E-state index contributed by atoms with van der Waals surface area (Å²) in [6.45, 7) is 1.63. The van der Waals surface area contributed by atoms with Crippen molar-refractivity contribution < 1.29 is 9.90 Å². The number of fused-ring (bicyclic) bond motifs is 1. The molecule has 3 rings (SSSR count). The fraction of sp³-hybridized carbons (Fsp3) is 0.438. The first-order chi connectivity index (χ1) is 9.74. The Morgan fingerprint density at radius 3 is 3.00 bits per heavy atom. The van der Waals surface area contributed by atoms with Gasteiger partial charge in [-0.2, -0.15) is 0 Å². The number of aromatic amines is 1. The van der Waals surface area contributed by atoms with Crippen molar-refractivity contribution in [3.8, 4) is 0 Å². The third-order valence-electron chi connectivity index (χ3n) is 4.14. The molecule has 1 aromatic heterocycles. The minimum atomic E-state index is -0.717. The first-order valence-corrected chi connectivity index (χ1v) is 7.27. The first-order valence-electron chi connectivity index (χ1n) is 7.27. The van der Waals surface area contributed by atoms with Gasteiger partial charge in [-0.1, -0.05) is 24.6 Å². The molecule has 0 saturated carbocycles. The summed E-state index contributed by atoms with van der Waals surface area (Å²) < 4.78 is 0. The van der Waals surface area contributed by atoms with Gasteiger partial charge in [0.2, 0.25) is 0 Å². The number of rotatable bonds is 4. The van der Waals surface area contributed by atoms with Crippen LogP contribution < -0.4 is 0 Å². The molecule has 0 unspecified atom stereocenters. The van der Waals surface area contributed by atoms with Crippen molar-refractivity contribution in [2.75, 3.05) is 13.1 Å². The summed E-state index contributed by atoms with van der Waals surface area (Å²) in [6, 6.07) is 10.8. The van der Waals surface area contributed by atoms with Crippen LogP contribution in [0.2, 0.25) is 0 Å². The van der Waals surface area contributed by atoms with E-state index in [-0.39, 0.29) is 6.42 Å². The van der Waals surface area contributed by atoms with E-state index in [0.717, 1.165) is 24.9 Å². The molecule has 1 saturated heterocycles. The maximum absolute atomic E-state index is 10.8. The smallest absolute Gasteiger partial charge is 0.304 e. The van der Waals surface area contributed by atoms with Crippen LogP contribution in [0.15, 0.2) is 30.3 Å². The van der Waals surface area contributed by atoms with Crippen molar-refractivity contribution in [1.82, 2.24) is 9.88 Å². The van der Waals surface area contributed by atoms with Gasteiger partial charge in [0.05, 0.1) is 6.42 Å². The van der Waals surface area contributed by atoms with Gasteiger partial charge in [0.1, 0.15) is 0 Å². The Bertz CT molecular complexity index is 572. The van der Waals surface area contributed by atoms with Crippen molar-refractivity contribution in [2.45, 2.75) is 31.7 Å². The van der Waals surface area contributed by atoms with E-state index in [1.54, 1.807) is 0 Å². The molecule has 0 radical (unpaired) electrons. The minimum Gasteiger partial charge on any atom is -0.481 e. The molecule has 2 aromatic rings. The van der Waals surface area contributed by atoms with E-state index in [1.165, 1.54) is 17.5 Å². The van der Waals surface area contributed by atoms with Crippen molar-refractivity contribution in [1.29, 1.82) is 0 Å². The number of likely N-dealkylation sites (tertiary alicyclic amines) is 1. The number of benzene rings is 1. The lowest BCUT2D eigenvalue weighted by Gasteiger charge is -2.34. The van der Waals surface area contributed by atoms with E-state index in [4.69, 9.17) is 5.11 Å². The molecule has 1 aliphatic rings. The van der Waals surface area contributed by atoms with Gasteiger partial charge >= 0.3 is 5.97 Å². The predicted octanol–water partition coefficient (Wildman–Crippen LogP) is 3.17. The number of carboxylic acid groups (broad SMARTS) is 1. The summed E-state index contributed by atoms with van der Waals surface area (Å²) in [5.41, 5.74) is 2.38. The SMILES string of the molecule is O=C(O)CCN1CCCC[C@@H]1c1cc2ccccc2[nH]1. The summed E-state index contributed by atoms with van der Waals surface area (Å²) in [7, 11) is 0. The van der Waals surface area contributed by atoms with Crippen LogP contribution in [0.1, 0.15) is 37.4 Å². The molecule has 0 spiro atoms. The Labute approximate surface area is 118 Å². The number of para-hydroxylation sites is 1. The zero-order valence-electron chi connectivity index (χ0n) is 11.5. The van der Waals surface area contributed by atoms with Crippen molar-refractivity contribution in [3.05, 3.63) is 36.0 Å². The number of nitrogens with zero attached hydrogens (tertiary/aromatic N) is 1. The van der Waals surface area contributed by atoms with Gasteiger partial charge in [0.15, 0.2) is 0 Å². The number of aromatic nitrogens is 1. The summed E-state index contributed by atoms with van der Waals surface area (Å²) in [4.78, 5) is 16.6. The van der Waals surface area contributed by atoms with Gasteiger partial charge in [0, 0.05) is 23.8 Å². The van der Waals surface area contributed by atoms with E-state index in [1.807, 2.05) is 12.1 Å². The number of nitrogens with one attached hydrogen (secondary N) is 1. The van der Waals surface area contributed by atoms with Crippen LogP contribution in [-0.2, 0) is 4.79 Å². The number of aliphatic carboxylic acids is 1. The summed E-state index contributed by atoms with van der Waals surface area (Å²) in [5.74, 6) is -0.717. The number of hydrogen-bond donors (Lipinski definition) is 2. The molecule has 1 atom stereocenters. The second kappa shape index (κ2) is 5.67. The molecule has 2 N–H and O–H groups in total. The zero-order valence-corrected chi connectivity index (χ0v) is 11.5. The topological polar surface area (TPSA) is 56.3 Å². The second-order valence-corrected chi connectivity index (χ2v) is 5.50. The van der Waals surface area contributed by atoms with Crippen LogP contribution in [0.5, 0.6) is 0 Å². The average molecular weight is 272 g/mol. The fourth-order valence-electron chi connectivity index (χ4n) is 3.13. The molecule has 1 fully saturated rings. The molecular weight excluding hydrogens is 252 g/mol. The lowest BCUT2D eigenvalue weighted by molar-refractivity contribution is -0.137. The van der Waals surface area contributed by atoms with Crippen molar-refractivity contribution in [3.63, 3.8) is 0 Å². The number of H-pyrrole nitrogens is 1. The van der Waals surface area contributed by atoms with Crippen LogP contribution >= 0.6 is 0 Å². The Morgan fingerprint density at radius 1 is 1.35 bits per heavy atom. The molecule has 4 nitrogen and oxygen atoms in total. The van der Waals surface area contributed by atoms with Crippen LogP contribution in [0.25, 0.3) is 10.9 Å². The molecule has 20 heavy (non-hydrogen) atoms. The largest absolute Gasteiger partial charge is 0.481 e. The molecular formula is C16H20N2O2. The van der Waals surface area contributed by atoms with Crippen LogP contribution in [0.3, 0.4) is 0 Å². The summed E-state index contributed by atoms with van der Waals surface area (Å²) in [6.07, 6.45) is 3.70. The summed E-state index contributed by atoms with van der Waals surface area (Å²) >= 11 is 0. The van der Waals surface area contributed by atoms with Crippen LogP contribution in [-0.4, -0.2) is 34.0 Å². The Kier molecular flexibility index (Phi) is 3.74. The van der Waals surface area contributed by atoms with Crippen LogP contribution in [0.4, 0.5) is 0 Å². The Balaban J connectivity index is 1.83. The van der Waals surface area contributed by atoms with E-state index in [0.29, 0.717) is 12.6 Å². The number of piperidine rings is 1. The molecule has 0 aliphatic carbocycles. The van der Waals surface area contributed by atoms with Crippen molar-refractivity contribution >= 4 is 16.9 Å². The second-order valence-electron chi connectivity index (χ2n) is 5.50. The molecule has 4 heteroatoms. The highest BCUT2D eigenvalue weighted by atomic mass is 16.4. The number of carbonyl (C=O) groups is 1. The van der Waals surface area contributed by atoms with E-state index >= 15 is 0 Å². The van der Waals surface area contributed by atoms with Gasteiger partial charge < -0.3 is 10.1 Å². The van der Waals surface area contributed by atoms with Gasteiger partial charge in [-0.25, -0.2) is 0 Å². The third kappa shape index (κ3) is 2.70. The standard InChI is InChI=1S/C16H20N2O2/c19-16(20)8-10-18-9-4-3-7-15(18)14-11-12-5-1-2-6-13(12)17-14/h1-2,5-6,11,15,17H,3-4,7-10H2,(H,19,20)/t15-/m1/s1. The first kappa shape index (κ1) is 13.2. The molecule has 1 aromatic carbocycles. The Morgan fingerprint density at radius 2 is 2.20 bits per heavy atom. The van der Waals surface area contributed by atoms with Gasteiger partial charge in [-0.15, -0.1) is 0 Å². The molecule has 0 amide bonds. The zero-order chi connectivity index (χ0) is 13.9. The quantitative estimate of drug-likeness (QED) is 0.898. The lowest BCUT2D eigenvalue weighted by Crippen LogP contribution is -2.35. The normalized spacial score (nSPS) is 20.3. The Hall–Kier alpha value is -1.81. The average Bonchev–Trinajstić information content (AvgIpc) is 2.89. The summed E-state index contributed by atoms with van der Waals surface area (Å²) in [5, 5.41) is 10.1. The fourth-order valence-corrected chi connectivity index (χ4v) is 3.13. The lowest BCUT2D eigenvalue weighted by atomic mass is 9.99.